The Hall–Kier alpha value is -3.54. The van der Waals surface area contributed by atoms with Crippen LogP contribution in [-0.2, 0) is 14.3 Å². The first kappa shape index (κ1) is 23.6. The van der Waals surface area contributed by atoms with E-state index >= 15 is 0 Å². The van der Waals surface area contributed by atoms with Crippen molar-refractivity contribution in [3.05, 3.63) is 82.2 Å². The Bertz CT molecular complexity index is 1160. The lowest BCUT2D eigenvalue weighted by atomic mass is 9.71. The minimum atomic E-state index is -0.614. The normalized spacial score (nSPS) is 20.1. The van der Waals surface area contributed by atoms with E-state index < -0.39 is 11.9 Å². The highest BCUT2D eigenvalue weighted by atomic mass is 16.5. The molecule has 0 saturated carbocycles. The van der Waals surface area contributed by atoms with Crippen LogP contribution >= 0.6 is 0 Å². The number of rotatable bonds is 6. The number of hydrogen-bond donors (Lipinski definition) is 1. The van der Waals surface area contributed by atoms with E-state index in [0.29, 0.717) is 46.7 Å². The lowest BCUT2D eigenvalue weighted by Crippen LogP contribution is -2.36. The fourth-order valence-corrected chi connectivity index (χ4v) is 4.92. The first-order valence-corrected chi connectivity index (χ1v) is 11.6. The Balaban J connectivity index is 1.87. The van der Waals surface area contributed by atoms with Crippen molar-refractivity contribution in [2.75, 3.05) is 14.2 Å². The van der Waals surface area contributed by atoms with Crippen LogP contribution in [0.3, 0.4) is 0 Å². The van der Waals surface area contributed by atoms with Gasteiger partial charge in [-0.25, -0.2) is 4.79 Å². The Morgan fingerprint density at radius 1 is 1.03 bits per heavy atom. The van der Waals surface area contributed by atoms with Crippen LogP contribution in [-0.4, -0.2) is 32.1 Å². The molecule has 6 nitrogen and oxygen atoms in total. The van der Waals surface area contributed by atoms with Crippen LogP contribution in [0.5, 0.6) is 11.5 Å². The molecule has 178 valence electrons. The van der Waals surface area contributed by atoms with Crippen LogP contribution in [0.2, 0.25) is 0 Å². The number of Topliss-reactive ketones (excluding diaryl/α,β-unsaturated/α-hetero) is 1. The first-order valence-electron chi connectivity index (χ1n) is 11.6. The summed E-state index contributed by atoms with van der Waals surface area (Å²) >= 11 is 0. The maximum absolute atomic E-state index is 13.7. The van der Waals surface area contributed by atoms with Crippen LogP contribution < -0.4 is 14.8 Å². The van der Waals surface area contributed by atoms with Crippen LogP contribution in [0, 0.1) is 0 Å². The Labute approximate surface area is 200 Å². The molecule has 1 aliphatic carbocycles. The van der Waals surface area contributed by atoms with Gasteiger partial charge in [0.15, 0.2) is 5.78 Å². The summed E-state index contributed by atoms with van der Waals surface area (Å²) in [5.74, 6) is 0.233. The number of carbonyl (C=O) groups is 2. The molecule has 0 aromatic heterocycles. The number of dihydropyridines is 1. The summed E-state index contributed by atoms with van der Waals surface area (Å²) < 4.78 is 16.7. The number of ether oxygens (including phenoxy) is 3. The zero-order valence-corrected chi connectivity index (χ0v) is 20.3. The number of methoxy groups -OCH3 is 2. The molecule has 6 heteroatoms. The third kappa shape index (κ3) is 4.45. The summed E-state index contributed by atoms with van der Waals surface area (Å²) in [5, 5.41) is 3.38. The van der Waals surface area contributed by atoms with Gasteiger partial charge in [-0.15, -0.1) is 0 Å². The molecule has 0 bridgehead atoms. The van der Waals surface area contributed by atoms with E-state index in [2.05, 4.69) is 17.4 Å². The molecule has 34 heavy (non-hydrogen) atoms. The minimum absolute atomic E-state index is 0.0137. The lowest BCUT2D eigenvalue weighted by Gasteiger charge is -2.37. The molecular formula is C28H31NO5. The van der Waals surface area contributed by atoms with E-state index in [1.54, 1.807) is 26.4 Å². The molecule has 2 aromatic carbocycles. The first-order chi connectivity index (χ1) is 16.3. The maximum atomic E-state index is 13.7. The van der Waals surface area contributed by atoms with Crippen molar-refractivity contribution >= 4 is 11.8 Å². The number of esters is 1. The van der Waals surface area contributed by atoms with Gasteiger partial charge in [-0.2, -0.15) is 0 Å². The van der Waals surface area contributed by atoms with Gasteiger partial charge in [-0.3, -0.25) is 4.79 Å². The van der Waals surface area contributed by atoms with Crippen molar-refractivity contribution < 1.29 is 23.8 Å². The highest BCUT2D eigenvalue weighted by molar-refractivity contribution is 6.04. The molecule has 2 aromatic rings. The predicted octanol–water partition coefficient (Wildman–Crippen LogP) is 5.02. The van der Waals surface area contributed by atoms with Crippen LogP contribution in [0.15, 0.2) is 71.1 Å². The molecule has 0 spiro atoms. The standard InChI is InChI=1S/C28H31NO5/c1-16(2)34-28(31)25-17(3)29-22-13-19(18-9-7-6-8-10-18)14-23(30)27(22)26(25)21-15-20(32-4)11-12-24(21)33-5/h6-12,15-16,19,26,29H,13-14H2,1-5H3/t19-,26+/m1/s1. The summed E-state index contributed by atoms with van der Waals surface area (Å²) in [4.78, 5) is 27.0. The van der Waals surface area contributed by atoms with Gasteiger partial charge in [0.05, 0.1) is 31.8 Å². The maximum Gasteiger partial charge on any atom is 0.337 e. The topological polar surface area (TPSA) is 73.9 Å². The second kappa shape index (κ2) is 9.75. The molecule has 2 aliphatic rings. The van der Waals surface area contributed by atoms with Gasteiger partial charge in [0, 0.05) is 29.0 Å². The highest BCUT2D eigenvalue weighted by Crippen LogP contribution is 2.48. The lowest BCUT2D eigenvalue weighted by molar-refractivity contribution is -0.143. The summed E-state index contributed by atoms with van der Waals surface area (Å²) in [6.45, 7) is 5.48. The highest BCUT2D eigenvalue weighted by Gasteiger charge is 2.42. The second-order valence-electron chi connectivity index (χ2n) is 8.99. The van der Waals surface area contributed by atoms with Gasteiger partial charge in [-0.1, -0.05) is 30.3 Å². The summed E-state index contributed by atoms with van der Waals surface area (Å²) in [5.41, 5.74) is 4.38. The van der Waals surface area contributed by atoms with Crippen molar-refractivity contribution in [1.29, 1.82) is 0 Å². The second-order valence-corrected chi connectivity index (χ2v) is 8.99. The summed E-state index contributed by atoms with van der Waals surface area (Å²) in [7, 11) is 3.17. The van der Waals surface area contributed by atoms with Gasteiger partial charge in [0.2, 0.25) is 0 Å². The van der Waals surface area contributed by atoms with Crippen molar-refractivity contribution in [2.24, 2.45) is 0 Å². The fraction of sp³-hybridized carbons (Fsp3) is 0.357. The average Bonchev–Trinajstić information content (AvgIpc) is 2.82. The van der Waals surface area contributed by atoms with E-state index in [1.165, 1.54) is 0 Å². The number of benzene rings is 2. The molecule has 0 radical (unpaired) electrons. The average molecular weight is 462 g/mol. The van der Waals surface area contributed by atoms with Crippen LogP contribution in [0.1, 0.15) is 56.6 Å². The van der Waals surface area contributed by atoms with Crippen molar-refractivity contribution in [3.63, 3.8) is 0 Å². The van der Waals surface area contributed by atoms with Crippen LogP contribution in [0.25, 0.3) is 0 Å². The van der Waals surface area contributed by atoms with Gasteiger partial charge >= 0.3 is 5.97 Å². The molecule has 2 atom stereocenters. The van der Waals surface area contributed by atoms with E-state index in [-0.39, 0.29) is 17.8 Å². The summed E-state index contributed by atoms with van der Waals surface area (Å²) in [6.07, 6.45) is 0.761. The SMILES string of the molecule is COc1ccc(OC)c([C@H]2C(C(=O)OC(C)C)=C(C)NC3=C2C(=O)C[C@H](c2ccccc2)C3)c1. The molecule has 0 amide bonds. The van der Waals surface area contributed by atoms with Crippen molar-refractivity contribution in [3.8, 4) is 11.5 Å². The monoisotopic (exact) mass is 461 g/mol. The van der Waals surface area contributed by atoms with Crippen molar-refractivity contribution in [2.45, 2.75) is 51.6 Å². The zero-order valence-electron chi connectivity index (χ0n) is 20.3. The zero-order chi connectivity index (χ0) is 24.4. The Morgan fingerprint density at radius 3 is 2.41 bits per heavy atom. The number of ketones is 1. The molecule has 0 fully saturated rings. The van der Waals surface area contributed by atoms with Crippen molar-refractivity contribution in [1.82, 2.24) is 5.32 Å². The number of hydrogen-bond acceptors (Lipinski definition) is 6. The third-order valence-electron chi connectivity index (χ3n) is 6.41. The molecule has 1 aliphatic heterocycles. The van der Waals surface area contributed by atoms with E-state index in [0.717, 1.165) is 11.3 Å². The molecule has 1 heterocycles. The molecule has 1 N–H and O–H groups in total. The van der Waals surface area contributed by atoms with Gasteiger partial charge in [0.1, 0.15) is 11.5 Å². The fourth-order valence-electron chi connectivity index (χ4n) is 4.92. The predicted molar refractivity (Wildman–Crippen MR) is 130 cm³/mol. The number of nitrogens with one attached hydrogen (secondary N) is 1. The van der Waals surface area contributed by atoms with E-state index in [1.807, 2.05) is 45.0 Å². The Kier molecular flexibility index (Phi) is 6.77. The number of allylic oxidation sites excluding steroid dienone is 3. The molecule has 0 saturated heterocycles. The molecule has 4 rings (SSSR count). The summed E-state index contributed by atoms with van der Waals surface area (Å²) in [6, 6.07) is 15.5. The minimum Gasteiger partial charge on any atom is -0.497 e. The van der Waals surface area contributed by atoms with Gasteiger partial charge < -0.3 is 19.5 Å². The van der Waals surface area contributed by atoms with Gasteiger partial charge in [0.25, 0.3) is 0 Å². The Morgan fingerprint density at radius 2 is 1.76 bits per heavy atom. The van der Waals surface area contributed by atoms with E-state index in [4.69, 9.17) is 14.2 Å². The largest absolute Gasteiger partial charge is 0.497 e. The van der Waals surface area contributed by atoms with Crippen LogP contribution in [0.4, 0.5) is 0 Å². The van der Waals surface area contributed by atoms with E-state index in [9.17, 15) is 9.59 Å². The van der Waals surface area contributed by atoms with Gasteiger partial charge in [-0.05, 0) is 56.9 Å². The molecule has 0 unspecified atom stereocenters. The quantitative estimate of drug-likeness (QED) is 0.609. The third-order valence-corrected chi connectivity index (χ3v) is 6.41. The number of carbonyl (C=O) groups excluding carboxylic acids is 2. The smallest absolute Gasteiger partial charge is 0.337 e. The molecular weight excluding hydrogens is 430 g/mol.